The Hall–Kier alpha value is -1.31. The predicted octanol–water partition coefficient (Wildman–Crippen LogP) is 3.02. The van der Waals surface area contributed by atoms with Crippen molar-refractivity contribution in [2.75, 3.05) is 7.11 Å². The number of ketones is 1. The first-order valence-electron chi connectivity index (χ1n) is 4.75. The second-order valence-corrected chi connectivity index (χ2v) is 3.64. The second-order valence-electron chi connectivity index (χ2n) is 3.64. The van der Waals surface area contributed by atoms with Crippen molar-refractivity contribution >= 4 is 5.78 Å². The summed E-state index contributed by atoms with van der Waals surface area (Å²) in [6.07, 6.45) is 0. The molecule has 0 atom stereocenters. The maximum absolute atomic E-state index is 11.3. The molecule has 0 saturated heterocycles. The average molecular weight is 192 g/mol. The fraction of sp³-hybridized carbons (Fsp3) is 0.417. The number of rotatable bonds is 3. The Balaban J connectivity index is 3.32. The molecule has 2 nitrogen and oxygen atoms in total. The molecular formula is C12H16O2. The van der Waals surface area contributed by atoms with Crippen LogP contribution in [0.25, 0.3) is 0 Å². The molecule has 0 N–H and O–H groups in total. The molecule has 76 valence electrons. The zero-order chi connectivity index (χ0) is 10.7. The van der Waals surface area contributed by atoms with Crippen molar-refractivity contribution in [2.45, 2.75) is 26.7 Å². The maximum atomic E-state index is 11.3. The van der Waals surface area contributed by atoms with Crippen LogP contribution >= 0.6 is 0 Å². The lowest BCUT2D eigenvalue weighted by molar-refractivity contribution is 0.101. The van der Waals surface area contributed by atoms with E-state index < -0.39 is 0 Å². The van der Waals surface area contributed by atoms with Gasteiger partial charge in [-0.2, -0.15) is 0 Å². The van der Waals surface area contributed by atoms with E-state index in [0.717, 1.165) is 11.3 Å². The van der Waals surface area contributed by atoms with Crippen LogP contribution in [0.5, 0.6) is 5.75 Å². The summed E-state index contributed by atoms with van der Waals surface area (Å²) in [6, 6.07) is 5.69. The number of Topliss-reactive ketones (excluding diaryl/α,β-unsaturated/α-hetero) is 1. The topological polar surface area (TPSA) is 26.3 Å². The van der Waals surface area contributed by atoms with E-state index in [4.69, 9.17) is 4.74 Å². The van der Waals surface area contributed by atoms with E-state index in [2.05, 4.69) is 13.8 Å². The lowest BCUT2D eigenvalue weighted by Gasteiger charge is -2.14. The van der Waals surface area contributed by atoms with Crippen LogP contribution in [0.1, 0.15) is 42.6 Å². The van der Waals surface area contributed by atoms with Crippen molar-refractivity contribution in [1.29, 1.82) is 0 Å². The minimum absolute atomic E-state index is 0.0457. The van der Waals surface area contributed by atoms with E-state index in [0.29, 0.717) is 11.5 Å². The molecule has 0 aliphatic carbocycles. The van der Waals surface area contributed by atoms with Crippen molar-refractivity contribution in [3.05, 3.63) is 29.3 Å². The van der Waals surface area contributed by atoms with Gasteiger partial charge in [0.15, 0.2) is 5.78 Å². The fourth-order valence-electron chi connectivity index (χ4n) is 1.51. The summed E-state index contributed by atoms with van der Waals surface area (Å²) in [5, 5.41) is 0. The Labute approximate surface area is 84.9 Å². The quantitative estimate of drug-likeness (QED) is 0.688. The van der Waals surface area contributed by atoms with E-state index in [1.165, 1.54) is 0 Å². The van der Waals surface area contributed by atoms with Crippen LogP contribution < -0.4 is 4.74 Å². The van der Waals surface area contributed by atoms with Crippen LogP contribution in [-0.4, -0.2) is 12.9 Å². The minimum Gasteiger partial charge on any atom is -0.496 e. The molecule has 14 heavy (non-hydrogen) atoms. The summed E-state index contributed by atoms with van der Waals surface area (Å²) in [5.74, 6) is 1.13. The summed E-state index contributed by atoms with van der Waals surface area (Å²) in [6.45, 7) is 5.73. The highest BCUT2D eigenvalue weighted by Gasteiger charge is 2.13. The van der Waals surface area contributed by atoms with Gasteiger partial charge in [-0.3, -0.25) is 4.79 Å². The lowest BCUT2D eigenvalue weighted by Crippen LogP contribution is -2.02. The molecule has 0 fully saturated rings. The lowest BCUT2D eigenvalue weighted by atomic mass is 9.98. The molecular weight excluding hydrogens is 176 g/mol. The Kier molecular flexibility index (Phi) is 3.28. The van der Waals surface area contributed by atoms with Crippen molar-refractivity contribution in [2.24, 2.45) is 0 Å². The number of benzene rings is 1. The molecule has 0 saturated carbocycles. The molecule has 1 rings (SSSR count). The molecule has 0 unspecified atom stereocenters. The van der Waals surface area contributed by atoms with Gasteiger partial charge in [-0.25, -0.2) is 0 Å². The number of carbonyl (C=O) groups excluding carboxylic acids is 1. The zero-order valence-electron chi connectivity index (χ0n) is 9.13. The maximum Gasteiger partial charge on any atom is 0.163 e. The van der Waals surface area contributed by atoms with Crippen LogP contribution in [0.15, 0.2) is 18.2 Å². The predicted molar refractivity (Wildman–Crippen MR) is 57.1 cm³/mol. The molecule has 0 radical (unpaired) electrons. The molecule has 0 aromatic heterocycles. The first-order chi connectivity index (χ1) is 6.57. The highest BCUT2D eigenvalue weighted by Crippen LogP contribution is 2.29. The molecule has 0 aliphatic heterocycles. The molecule has 1 aromatic rings. The molecule has 2 heteroatoms. The largest absolute Gasteiger partial charge is 0.496 e. The highest BCUT2D eigenvalue weighted by molar-refractivity contribution is 5.97. The van der Waals surface area contributed by atoms with Gasteiger partial charge in [0.2, 0.25) is 0 Å². The number of methoxy groups -OCH3 is 1. The summed E-state index contributed by atoms with van der Waals surface area (Å²) < 4.78 is 5.28. The van der Waals surface area contributed by atoms with E-state index in [-0.39, 0.29) is 5.78 Å². The second kappa shape index (κ2) is 4.27. The average Bonchev–Trinajstić information content (AvgIpc) is 2.16. The van der Waals surface area contributed by atoms with Crippen molar-refractivity contribution in [3.8, 4) is 5.75 Å². The van der Waals surface area contributed by atoms with E-state index >= 15 is 0 Å². The van der Waals surface area contributed by atoms with Gasteiger partial charge >= 0.3 is 0 Å². The Bertz CT molecular complexity index is 340. The van der Waals surface area contributed by atoms with Gasteiger partial charge in [-0.1, -0.05) is 26.0 Å². The fourth-order valence-corrected chi connectivity index (χ4v) is 1.51. The normalized spacial score (nSPS) is 10.4. The number of hydrogen-bond acceptors (Lipinski definition) is 2. The van der Waals surface area contributed by atoms with Crippen LogP contribution in [0.4, 0.5) is 0 Å². The van der Waals surface area contributed by atoms with Gasteiger partial charge in [0, 0.05) is 0 Å². The molecule has 0 spiro atoms. The van der Waals surface area contributed by atoms with E-state index in [1.54, 1.807) is 20.1 Å². The van der Waals surface area contributed by atoms with Crippen molar-refractivity contribution < 1.29 is 9.53 Å². The molecule has 0 bridgehead atoms. The number of ether oxygens (including phenoxy) is 1. The van der Waals surface area contributed by atoms with E-state index in [1.807, 2.05) is 12.1 Å². The first kappa shape index (κ1) is 10.8. The van der Waals surface area contributed by atoms with Gasteiger partial charge < -0.3 is 4.74 Å². The van der Waals surface area contributed by atoms with Crippen LogP contribution in [0.3, 0.4) is 0 Å². The number of para-hydroxylation sites is 1. The standard InChI is InChI=1S/C12H16O2/c1-8(2)10-6-5-7-11(9(3)13)12(10)14-4/h5-8H,1-4H3. The SMILES string of the molecule is COc1c(C(C)=O)cccc1C(C)C. The summed E-state index contributed by atoms with van der Waals surface area (Å²) >= 11 is 0. The van der Waals surface area contributed by atoms with Gasteiger partial charge in [-0.05, 0) is 24.5 Å². The Morgan fingerprint density at radius 3 is 2.43 bits per heavy atom. The smallest absolute Gasteiger partial charge is 0.163 e. The molecule has 0 amide bonds. The highest BCUT2D eigenvalue weighted by atomic mass is 16.5. The first-order valence-corrected chi connectivity index (χ1v) is 4.75. The molecule has 0 heterocycles. The number of hydrogen-bond donors (Lipinski definition) is 0. The molecule has 1 aromatic carbocycles. The molecule has 0 aliphatic rings. The third kappa shape index (κ3) is 1.95. The summed E-state index contributed by atoms with van der Waals surface area (Å²) in [7, 11) is 1.60. The summed E-state index contributed by atoms with van der Waals surface area (Å²) in [5.41, 5.74) is 1.75. The van der Waals surface area contributed by atoms with Crippen molar-refractivity contribution in [3.63, 3.8) is 0 Å². The van der Waals surface area contributed by atoms with Crippen LogP contribution in [0.2, 0.25) is 0 Å². The Morgan fingerprint density at radius 1 is 1.36 bits per heavy atom. The zero-order valence-corrected chi connectivity index (χ0v) is 9.13. The van der Waals surface area contributed by atoms with E-state index in [9.17, 15) is 4.79 Å². The van der Waals surface area contributed by atoms with Gasteiger partial charge in [0.25, 0.3) is 0 Å². The minimum atomic E-state index is 0.0457. The monoisotopic (exact) mass is 192 g/mol. The van der Waals surface area contributed by atoms with Gasteiger partial charge in [-0.15, -0.1) is 0 Å². The van der Waals surface area contributed by atoms with Gasteiger partial charge in [0.1, 0.15) is 5.75 Å². The van der Waals surface area contributed by atoms with Crippen LogP contribution in [-0.2, 0) is 0 Å². The number of carbonyl (C=O) groups is 1. The Morgan fingerprint density at radius 2 is 2.00 bits per heavy atom. The third-order valence-corrected chi connectivity index (χ3v) is 2.25. The third-order valence-electron chi connectivity index (χ3n) is 2.25. The summed E-state index contributed by atoms with van der Waals surface area (Å²) in [4.78, 5) is 11.3. The van der Waals surface area contributed by atoms with Gasteiger partial charge in [0.05, 0.1) is 12.7 Å². The van der Waals surface area contributed by atoms with Crippen LogP contribution in [0, 0.1) is 0 Å². The van der Waals surface area contributed by atoms with Crippen molar-refractivity contribution in [1.82, 2.24) is 0 Å².